The molecule has 186 valence electrons. The van der Waals surface area contributed by atoms with Crippen LogP contribution < -0.4 is 14.4 Å². The Labute approximate surface area is 210 Å². The molecule has 11 heteroatoms. The standard InChI is InChI=1S/C24H25ClN2O6S2/c1-17(18-9-12-20(13-10-18)34(3,29)30)26-24(28)16-27(22-15-19(25)11-14-23(22)33-2)35(31,32)21-7-5-4-6-8-21/h4-15,17H,16H2,1-3H3,(H,26,28)/t17-/m0/s1. The van der Waals surface area contributed by atoms with Crippen LogP contribution in [0.5, 0.6) is 5.75 Å². The van der Waals surface area contributed by atoms with Gasteiger partial charge in [-0.1, -0.05) is 41.9 Å². The monoisotopic (exact) mass is 536 g/mol. The molecule has 0 aliphatic heterocycles. The van der Waals surface area contributed by atoms with Gasteiger partial charge in [0.05, 0.1) is 28.6 Å². The van der Waals surface area contributed by atoms with Gasteiger partial charge in [-0.15, -0.1) is 0 Å². The zero-order chi connectivity index (χ0) is 25.8. The zero-order valence-electron chi connectivity index (χ0n) is 19.3. The Morgan fingerprint density at radius 2 is 1.60 bits per heavy atom. The molecule has 1 N–H and O–H groups in total. The van der Waals surface area contributed by atoms with Crippen molar-refractivity contribution in [3.8, 4) is 5.75 Å². The van der Waals surface area contributed by atoms with Crippen LogP contribution in [-0.2, 0) is 24.7 Å². The van der Waals surface area contributed by atoms with E-state index in [1.54, 1.807) is 43.3 Å². The van der Waals surface area contributed by atoms with Gasteiger partial charge < -0.3 is 10.1 Å². The molecule has 0 bridgehead atoms. The van der Waals surface area contributed by atoms with E-state index in [-0.39, 0.29) is 26.3 Å². The number of sulfone groups is 1. The van der Waals surface area contributed by atoms with E-state index in [1.165, 1.54) is 43.5 Å². The first-order valence-corrected chi connectivity index (χ1v) is 14.1. The van der Waals surface area contributed by atoms with Gasteiger partial charge in [0.15, 0.2) is 9.84 Å². The maximum atomic E-state index is 13.5. The van der Waals surface area contributed by atoms with Crippen LogP contribution in [-0.4, -0.2) is 42.7 Å². The van der Waals surface area contributed by atoms with Crippen LogP contribution in [0.2, 0.25) is 5.02 Å². The maximum absolute atomic E-state index is 13.5. The Morgan fingerprint density at radius 1 is 0.971 bits per heavy atom. The Hall–Kier alpha value is -3.08. The van der Waals surface area contributed by atoms with Crippen LogP contribution in [0.1, 0.15) is 18.5 Å². The van der Waals surface area contributed by atoms with E-state index in [1.807, 2.05) is 0 Å². The summed E-state index contributed by atoms with van der Waals surface area (Å²) in [7, 11) is -6.11. The Bertz CT molecular complexity index is 1410. The van der Waals surface area contributed by atoms with E-state index in [0.29, 0.717) is 5.56 Å². The summed E-state index contributed by atoms with van der Waals surface area (Å²) in [5.41, 5.74) is 0.771. The molecular formula is C24H25ClN2O6S2. The minimum absolute atomic E-state index is 0.000703. The first-order valence-electron chi connectivity index (χ1n) is 10.4. The molecule has 3 rings (SSSR count). The second-order valence-electron chi connectivity index (χ2n) is 7.77. The quantitative estimate of drug-likeness (QED) is 0.445. The van der Waals surface area contributed by atoms with Gasteiger partial charge in [0.2, 0.25) is 5.91 Å². The van der Waals surface area contributed by atoms with E-state index < -0.39 is 38.4 Å². The molecule has 1 amide bonds. The summed E-state index contributed by atoms with van der Waals surface area (Å²) in [6.07, 6.45) is 1.11. The summed E-state index contributed by atoms with van der Waals surface area (Å²) in [6.45, 7) is 1.17. The number of nitrogens with zero attached hydrogens (tertiary/aromatic N) is 1. The third-order valence-electron chi connectivity index (χ3n) is 5.21. The molecule has 0 aromatic heterocycles. The molecule has 0 saturated heterocycles. The van der Waals surface area contributed by atoms with Crippen LogP contribution in [0.3, 0.4) is 0 Å². The lowest BCUT2D eigenvalue weighted by Crippen LogP contribution is -2.41. The number of carbonyl (C=O) groups is 1. The lowest BCUT2D eigenvalue weighted by Gasteiger charge is -2.26. The van der Waals surface area contributed by atoms with Crippen molar-refractivity contribution in [1.29, 1.82) is 0 Å². The third-order valence-corrected chi connectivity index (χ3v) is 8.35. The topological polar surface area (TPSA) is 110 Å². The zero-order valence-corrected chi connectivity index (χ0v) is 21.7. The summed E-state index contributed by atoms with van der Waals surface area (Å²) >= 11 is 6.14. The highest BCUT2D eigenvalue weighted by molar-refractivity contribution is 7.93. The number of nitrogens with one attached hydrogen (secondary N) is 1. The fourth-order valence-electron chi connectivity index (χ4n) is 3.38. The number of carbonyl (C=O) groups excluding carboxylic acids is 1. The summed E-state index contributed by atoms with van der Waals surface area (Å²) < 4.78 is 56.7. The Kier molecular flexibility index (Phi) is 8.09. The first-order chi connectivity index (χ1) is 16.4. The van der Waals surface area contributed by atoms with Crippen molar-refractivity contribution in [3.05, 3.63) is 83.4 Å². The lowest BCUT2D eigenvalue weighted by atomic mass is 10.1. The molecule has 8 nitrogen and oxygen atoms in total. The largest absolute Gasteiger partial charge is 0.495 e. The number of rotatable bonds is 9. The molecule has 0 radical (unpaired) electrons. The minimum atomic E-state index is -4.15. The molecule has 0 saturated carbocycles. The van der Waals surface area contributed by atoms with Crippen molar-refractivity contribution < 1.29 is 26.4 Å². The van der Waals surface area contributed by atoms with Crippen LogP contribution in [0.15, 0.2) is 82.6 Å². The molecule has 0 aliphatic rings. The molecule has 0 spiro atoms. The summed E-state index contributed by atoms with van der Waals surface area (Å²) in [4.78, 5) is 13.2. The van der Waals surface area contributed by atoms with Crippen molar-refractivity contribution in [2.45, 2.75) is 22.8 Å². The molecule has 35 heavy (non-hydrogen) atoms. The molecule has 0 unspecified atom stereocenters. The van der Waals surface area contributed by atoms with Crippen LogP contribution >= 0.6 is 11.6 Å². The number of methoxy groups -OCH3 is 1. The summed E-state index contributed by atoms with van der Waals surface area (Å²) in [5.74, 6) is -0.350. The van der Waals surface area contributed by atoms with Crippen molar-refractivity contribution in [2.24, 2.45) is 0 Å². The summed E-state index contributed by atoms with van der Waals surface area (Å²) in [5, 5.41) is 3.03. The van der Waals surface area contributed by atoms with Crippen LogP contribution in [0.4, 0.5) is 5.69 Å². The fourth-order valence-corrected chi connectivity index (χ4v) is 5.62. The van der Waals surface area contributed by atoms with Gasteiger partial charge in [-0.05, 0) is 55.0 Å². The molecule has 1 atom stereocenters. The van der Waals surface area contributed by atoms with Crippen molar-refractivity contribution >= 4 is 43.1 Å². The highest BCUT2D eigenvalue weighted by Gasteiger charge is 2.30. The predicted molar refractivity (Wildman–Crippen MR) is 135 cm³/mol. The third kappa shape index (κ3) is 6.33. The lowest BCUT2D eigenvalue weighted by molar-refractivity contribution is -0.120. The number of anilines is 1. The van der Waals surface area contributed by atoms with Gasteiger partial charge in [-0.25, -0.2) is 16.8 Å². The number of benzene rings is 3. The van der Waals surface area contributed by atoms with Crippen molar-refractivity contribution in [3.63, 3.8) is 0 Å². The van der Waals surface area contributed by atoms with E-state index >= 15 is 0 Å². The normalized spacial score (nSPS) is 12.6. The molecule has 3 aromatic rings. The van der Waals surface area contributed by atoms with Gasteiger partial charge in [0.25, 0.3) is 10.0 Å². The van der Waals surface area contributed by atoms with Crippen LogP contribution in [0, 0.1) is 0 Å². The number of hydrogen-bond donors (Lipinski definition) is 1. The summed E-state index contributed by atoms with van der Waals surface area (Å²) in [6, 6.07) is 17.8. The van der Waals surface area contributed by atoms with Gasteiger partial charge in [0.1, 0.15) is 12.3 Å². The first kappa shape index (κ1) is 26.5. The second-order valence-corrected chi connectivity index (χ2v) is 12.1. The highest BCUT2D eigenvalue weighted by atomic mass is 35.5. The SMILES string of the molecule is COc1ccc(Cl)cc1N(CC(=O)N[C@@H](C)c1ccc(S(C)(=O)=O)cc1)S(=O)(=O)c1ccccc1. The van der Waals surface area contributed by atoms with Gasteiger partial charge in [0, 0.05) is 11.3 Å². The number of amides is 1. The van der Waals surface area contributed by atoms with Gasteiger partial charge in [-0.3, -0.25) is 9.10 Å². The number of ether oxygens (including phenoxy) is 1. The van der Waals surface area contributed by atoms with Crippen LogP contribution in [0.25, 0.3) is 0 Å². The Morgan fingerprint density at radius 3 is 2.17 bits per heavy atom. The van der Waals surface area contributed by atoms with E-state index in [0.717, 1.165) is 10.6 Å². The number of halogens is 1. The molecule has 0 fully saturated rings. The van der Waals surface area contributed by atoms with E-state index in [2.05, 4.69) is 5.32 Å². The fraction of sp³-hybridized carbons (Fsp3) is 0.208. The number of sulfonamides is 1. The smallest absolute Gasteiger partial charge is 0.264 e. The van der Waals surface area contributed by atoms with E-state index in [9.17, 15) is 21.6 Å². The predicted octanol–water partition coefficient (Wildman–Crippen LogP) is 3.82. The van der Waals surface area contributed by atoms with E-state index in [4.69, 9.17) is 16.3 Å². The average Bonchev–Trinajstić information content (AvgIpc) is 2.82. The van der Waals surface area contributed by atoms with Gasteiger partial charge >= 0.3 is 0 Å². The molecule has 0 heterocycles. The number of hydrogen-bond acceptors (Lipinski definition) is 6. The second kappa shape index (κ2) is 10.7. The highest BCUT2D eigenvalue weighted by Crippen LogP contribution is 2.34. The van der Waals surface area contributed by atoms with Crippen molar-refractivity contribution in [2.75, 3.05) is 24.2 Å². The molecular weight excluding hydrogens is 512 g/mol. The average molecular weight is 537 g/mol. The maximum Gasteiger partial charge on any atom is 0.264 e. The Balaban J connectivity index is 1.92. The molecule has 3 aromatic carbocycles. The van der Waals surface area contributed by atoms with Gasteiger partial charge in [-0.2, -0.15) is 0 Å². The molecule has 0 aliphatic carbocycles. The van der Waals surface area contributed by atoms with Crippen molar-refractivity contribution in [1.82, 2.24) is 5.32 Å². The minimum Gasteiger partial charge on any atom is -0.495 e.